The maximum Gasteiger partial charge on any atom is 0.124 e. The number of ether oxygens (including phenoxy) is 2. The largest absolute Gasteiger partial charge is 0.491 e. The summed E-state index contributed by atoms with van der Waals surface area (Å²) in [4.78, 5) is 0. The third kappa shape index (κ3) is 3.71. The molecule has 2 N–H and O–H groups in total. The SMILES string of the molecule is CC[C@@H](N)c1ccccc1OCC1CCC(C)(C)O1. The Morgan fingerprint density at radius 1 is 1.42 bits per heavy atom. The van der Waals surface area contributed by atoms with E-state index in [4.69, 9.17) is 15.2 Å². The van der Waals surface area contributed by atoms with Crippen LogP contribution in [0.1, 0.15) is 51.6 Å². The number of rotatable bonds is 5. The third-order valence-electron chi connectivity index (χ3n) is 3.74. The van der Waals surface area contributed by atoms with Crippen molar-refractivity contribution in [1.29, 1.82) is 0 Å². The van der Waals surface area contributed by atoms with Crippen LogP contribution in [-0.2, 0) is 4.74 Å². The summed E-state index contributed by atoms with van der Waals surface area (Å²) in [5.41, 5.74) is 7.19. The van der Waals surface area contributed by atoms with Crippen molar-refractivity contribution in [3.05, 3.63) is 29.8 Å². The lowest BCUT2D eigenvalue weighted by Gasteiger charge is -2.21. The summed E-state index contributed by atoms with van der Waals surface area (Å²) in [6.45, 7) is 6.96. The van der Waals surface area contributed by atoms with Gasteiger partial charge >= 0.3 is 0 Å². The summed E-state index contributed by atoms with van der Waals surface area (Å²) < 4.78 is 11.9. The van der Waals surface area contributed by atoms with E-state index in [0.717, 1.165) is 30.6 Å². The standard InChI is InChI=1S/C16H25NO2/c1-4-14(17)13-7-5-6-8-15(13)18-11-12-9-10-16(2,3)19-12/h5-8,12,14H,4,9-11,17H2,1-3H3/t12?,14-/m1/s1. The average molecular weight is 263 g/mol. The van der Waals surface area contributed by atoms with Gasteiger partial charge < -0.3 is 15.2 Å². The van der Waals surface area contributed by atoms with Gasteiger partial charge in [-0.3, -0.25) is 0 Å². The molecule has 0 spiro atoms. The van der Waals surface area contributed by atoms with Gasteiger partial charge in [-0.1, -0.05) is 25.1 Å². The van der Waals surface area contributed by atoms with Crippen LogP contribution in [0, 0.1) is 0 Å². The van der Waals surface area contributed by atoms with E-state index in [1.54, 1.807) is 0 Å². The molecule has 1 aliphatic heterocycles. The molecule has 3 nitrogen and oxygen atoms in total. The van der Waals surface area contributed by atoms with Crippen molar-refractivity contribution in [1.82, 2.24) is 0 Å². The van der Waals surface area contributed by atoms with Gasteiger partial charge in [0, 0.05) is 11.6 Å². The molecule has 1 saturated heterocycles. The van der Waals surface area contributed by atoms with Gasteiger partial charge in [0.1, 0.15) is 12.4 Å². The first-order valence-electron chi connectivity index (χ1n) is 7.17. The zero-order chi connectivity index (χ0) is 13.9. The summed E-state index contributed by atoms with van der Waals surface area (Å²) in [7, 11) is 0. The van der Waals surface area contributed by atoms with E-state index in [1.165, 1.54) is 0 Å². The number of hydrogen-bond acceptors (Lipinski definition) is 3. The van der Waals surface area contributed by atoms with Crippen LogP contribution in [0.4, 0.5) is 0 Å². The van der Waals surface area contributed by atoms with Crippen LogP contribution in [0.15, 0.2) is 24.3 Å². The first-order valence-corrected chi connectivity index (χ1v) is 7.17. The molecule has 0 amide bonds. The van der Waals surface area contributed by atoms with E-state index < -0.39 is 0 Å². The molecule has 19 heavy (non-hydrogen) atoms. The predicted molar refractivity (Wildman–Crippen MR) is 77.3 cm³/mol. The smallest absolute Gasteiger partial charge is 0.124 e. The van der Waals surface area contributed by atoms with Crippen LogP contribution >= 0.6 is 0 Å². The van der Waals surface area contributed by atoms with Crippen molar-refractivity contribution in [2.45, 2.75) is 57.8 Å². The molecule has 0 aromatic heterocycles. The average Bonchev–Trinajstić information content (AvgIpc) is 2.75. The molecule has 1 aliphatic rings. The molecule has 1 aromatic carbocycles. The minimum absolute atomic E-state index is 0.00658. The number of benzene rings is 1. The van der Waals surface area contributed by atoms with E-state index in [1.807, 2.05) is 24.3 Å². The lowest BCUT2D eigenvalue weighted by atomic mass is 10.0. The summed E-state index contributed by atoms with van der Waals surface area (Å²) >= 11 is 0. The molecule has 1 unspecified atom stereocenters. The molecule has 1 aromatic rings. The zero-order valence-electron chi connectivity index (χ0n) is 12.2. The summed E-state index contributed by atoms with van der Waals surface area (Å²) in [5, 5.41) is 0. The fourth-order valence-corrected chi connectivity index (χ4v) is 2.52. The molecule has 1 heterocycles. The van der Waals surface area contributed by atoms with Gasteiger partial charge in [-0.15, -0.1) is 0 Å². The van der Waals surface area contributed by atoms with E-state index in [-0.39, 0.29) is 17.7 Å². The molecular weight excluding hydrogens is 238 g/mol. The lowest BCUT2D eigenvalue weighted by Crippen LogP contribution is -2.24. The maximum atomic E-state index is 6.11. The second kappa shape index (κ2) is 5.93. The first-order chi connectivity index (χ1) is 9.02. The number of hydrogen-bond donors (Lipinski definition) is 1. The molecule has 0 bridgehead atoms. The van der Waals surface area contributed by atoms with Gasteiger partial charge in [-0.2, -0.15) is 0 Å². The highest BCUT2D eigenvalue weighted by Gasteiger charge is 2.32. The summed E-state index contributed by atoms with van der Waals surface area (Å²) in [5.74, 6) is 0.894. The molecule has 1 fully saturated rings. The van der Waals surface area contributed by atoms with E-state index in [9.17, 15) is 0 Å². The Labute approximate surface area is 116 Å². The molecule has 106 valence electrons. The van der Waals surface area contributed by atoms with Gasteiger partial charge in [0.15, 0.2) is 0 Å². The highest BCUT2D eigenvalue weighted by molar-refractivity contribution is 5.35. The second-order valence-corrected chi connectivity index (χ2v) is 5.90. The molecule has 0 saturated carbocycles. The Hall–Kier alpha value is -1.06. The first kappa shape index (κ1) is 14.4. The Kier molecular flexibility index (Phi) is 4.48. The van der Waals surface area contributed by atoms with Crippen LogP contribution < -0.4 is 10.5 Å². The van der Waals surface area contributed by atoms with Crippen molar-refractivity contribution in [2.24, 2.45) is 5.73 Å². The minimum atomic E-state index is -0.00658. The van der Waals surface area contributed by atoms with Crippen LogP contribution in [0.3, 0.4) is 0 Å². The Morgan fingerprint density at radius 2 is 2.16 bits per heavy atom. The second-order valence-electron chi connectivity index (χ2n) is 5.90. The van der Waals surface area contributed by atoms with E-state index in [2.05, 4.69) is 20.8 Å². The minimum Gasteiger partial charge on any atom is -0.491 e. The lowest BCUT2D eigenvalue weighted by molar-refractivity contribution is -0.0328. The molecule has 0 aliphatic carbocycles. The molecule has 2 rings (SSSR count). The maximum absolute atomic E-state index is 6.11. The van der Waals surface area contributed by atoms with Crippen LogP contribution in [-0.4, -0.2) is 18.3 Å². The predicted octanol–water partition coefficient (Wildman–Crippen LogP) is 3.43. The topological polar surface area (TPSA) is 44.5 Å². The fourth-order valence-electron chi connectivity index (χ4n) is 2.52. The Bertz CT molecular complexity index is 417. The van der Waals surface area contributed by atoms with Gasteiger partial charge in [0.25, 0.3) is 0 Å². The third-order valence-corrected chi connectivity index (χ3v) is 3.74. The van der Waals surface area contributed by atoms with Crippen LogP contribution in [0.2, 0.25) is 0 Å². The Balaban J connectivity index is 1.96. The fraction of sp³-hybridized carbons (Fsp3) is 0.625. The zero-order valence-corrected chi connectivity index (χ0v) is 12.2. The van der Waals surface area contributed by atoms with Crippen molar-refractivity contribution in [3.63, 3.8) is 0 Å². The number of nitrogens with two attached hydrogens (primary N) is 1. The highest BCUT2D eigenvalue weighted by Crippen LogP contribution is 2.31. The quantitative estimate of drug-likeness (QED) is 0.885. The van der Waals surface area contributed by atoms with Gasteiger partial charge in [0.2, 0.25) is 0 Å². The summed E-state index contributed by atoms with van der Waals surface area (Å²) in [6, 6.07) is 8.07. The van der Waals surface area contributed by atoms with Gasteiger partial charge in [-0.25, -0.2) is 0 Å². The number of para-hydroxylation sites is 1. The summed E-state index contributed by atoms with van der Waals surface area (Å²) in [6.07, 6.45) is 3.26. The van der Waals surface area contributed by atoms with Crippen LogP contribution in [0.5, 0.6) is 5.75 Å². The molecule has 3 heteroatoms. The van der Waals surface area contributed by atoms with Crippen molar-refractivity contribution >= 4 is 0 Å². The van der Waals surface area contributed by atoms with E-state index >= 15 is 0 Å². The van der Waals surface area contributed by atoms with Gasteiger partial charge in [0.05, 0.1) is 11.7 Å². The normalized spacial score (nSPS) is 23.3. The molecular formula is C16H25NO2. The molecule has 0 radical (unpaired) electrons. The van der Waals surface area contributed by atoms with Crippen molar-refractivity contribution in [2.75, 3.05) is 6.61 Å². The monoisotopic (exact) mass is 263 g/mol. The van der Waals surface area contributed by atoms with Crippen LogP contribution in [0.25, 0.3) is 0 Å². The van der Waals surface area contributed by atoms with Gasteiger partial charge in [-0.05, 0) is 39.2 Å². The molecule has 2 atom stereocenters. The van der Waals surface area contributed by atoms with Crippen molar-refractivity contribution < 1.29 is 9.47 Å². The highest BCUT2D eigenvalue weighted by atomic mass is 16.6. The Morgan fingerprint density at radius 3 is 2.79 bits per heavy atom. The van der Waals surface area contributed by atoms with Crippen molar-refractivity contribution in [3.8, 4) is 5.75 Å². The van der Waals surface area contributed by atoms with E-state index in [0.29, 0.717) is 6.61 Å².